The van der Waals surface area contributed by atoms with Gasteiger partial charge >= 0.3 is 5.97 Å². The SMILES string of the molecule is CCOC(=O)[C@@](C)(CC)Oc1ccc(OC/C=C(\C)c2ccc(-c3ccc(F)cc3)cc2)cc1. The van der Waals surface area contributed by atoms with E-state index in [2.05, 4.69) is 0 Å². The molecule has 0 saturated heterocycles. The number of carbonyl (C=O) groups excluding carboxylic acids is 1. The summed E-state index contributed by atoms with van der Waals surface area (Å²) in [6.45, 7) is 8.17. The van der Waals surface area contributed by atoms with Gasteiger partial charge in [0, 0.05) is 0 Å². The van der Waals surface area contributed by atoms with Crippen molar-refractivity contribution in [3.63, 3.8) is 0 Å². The molecular formula is C29H31FO4. The van der Waals surface area contributed by atoms with Gasteiger partial charge in [-0.05, 0) is 91.9 Å². The maximum absolute atomic E-state index is 13.1. The van der Waals surface area contributed by atoms with Crippen LogP contribution in [0.15, 0.2) is 78.9 Å². The van der Waals surface area contributed by atoms with Crippen molar-refractivity contribution in [2.45, 2.75) is 39.7 Å². The number of hydrogen-bond acceptors (Lipinski definition) is 4. The largest absolute Gasteiger partial charge is 0.490 e. The molecule has 0 bridgehead atoms. The Morgan fingerprint density at radius 2 is 1.44 bits per heavy atom. The number of carbonyl (C=O) groups is 1. The van der Waals surface area contributed by atoms with Gasteiger partial charge in [-0.3, -0.25) is 0 Å². The standard InChI is InChI=1S/C29H31FO4/c1-5-29(4,28(31)32-6-2)34-27-17-15-26(16-18-27)33-20-19-21(3)22-7-9-23(10-8-22)24-11-13-25(30)14-12-24/h7-19H,5-6,20H2,1-4H3/b21-19+/t29-/m1/s1. The van der Waals surface area contributed by atoms with E-state index in [1.54, 1.807) is 38.1 Å². The van der Waals surface area contributed by atoms with Crippen LogP contribution in [-0.2, 0) is 9.53 Å². The first-order valence-corrected chi connectivity index (χ1v) is 11.5. The molecule has 0 saturated carbocycles. The average Bonchev–Trinajstić information content (AvgIpc) is 2.85. The van der Waals surface area contributed by atoms with Crippen LogP contribution < -0.4 is 9.47 Å². The van der Waals surface area contributed by atoms with Crippen molar-refractivity contribution in [1.29, 1.82) is 0 Å². The Labute approximate surface area is 201 Å². The number of benzene rings is 3. The van der Waals surface area contributed by atoms with Gasteiger partial charge in [0.2, 0.25) is 5.60 Å². The fourth-order valence-electron chi connectivity index (χ4n) is 3.35. The summed E-state index contributed by atoms with van der Waals surface area (Å²) in [7, 11) is 0. The Hall–Kier alpha value is -3.60. The van der Waals surface area contributed by atoms with E-state index >= 15 is 0 Å². The Balaban J connectivity index is 1.56. The minimum atomic E-state index is -1.02. The highest BCUT2D eigenvalue weighted by molar-refractivity contribution is 5.79. The lowest BCUT2D eigenvalue weighted by atomic mass is 10.0. The Kier molecular flexibility index (Phi) is 8.47. The number of hydrogen-bond donors (Lipinski definition) is 0. The highest BCUT2D eigenvalue weighted by Gasteiger charge is 2.35. The van der Waals surface area contributed by atoms with Gasteiger partial charge in [0.25, 0.3) is 0 Å². The summed E-state index contributed by atoms with van der Waals surface area (Å²) in [4.78, 5) is 12.2. The van der Waals surface area contributed by atoms with Crippen LogP contribution in [0.3, 0.4) is 0 Å². The van der Waals surface area contributed by atoms with E-state index in [9.17, 15) is 9.18 Å². The number of allylic oxidation sites excluding steroid dienone is 1. The topological polar surface area (TPSA) is 44.8 Å². The minimum Gasteiger partial charge on any atom is -0.490 e. The molecule has 0 aliphatic rings. The summed E-state index contributed by atoms with van der Waals surface area (Å²) in [5, 5.41) is 0. The second-order valence-corrected chi connectivity index (χ2v) is 8.16. The van der Waals surface area contributed by atoms with Crippen LogP contribution in [0.5, 0.6) is 11.5 Å². The van der Waals surface area contributed by atoms with Crippen LogP contribution in [0.4, 0.5) is 4.39 Å². The van der Waals surface area contributed by atoms with Crippen molar-refractivity contribution < 1.29 is 23.4 Å². The fraction of sp³-hybridized carbons (Fsp3) is 0.276. The predicted octanol–water partition coefficient (Wildman–Crippen LogP) is 7.09. The van der Waals surface area contributed by atoms with E-state index in [0.717, 1.165) is 22.3 Å². The van der Waals surface area contributed by atoms with Crippen molar-refractivity contribution in [1.82, 2.24) is 0 Å². The molecular weight excluding hydrogens is 431 g/mol. The number of ether oxygens (including phenoxy) is 3. The van der Waals surface area contributed by atoms with Crippen LogP contribution in [0.1, 0.15) is 39.7 Å². The number of rotatable bonds is 10. The minimum absolute atomic E-state index is 0.238. The molecule has 3 aromatic carbocycles. The summed E-state index contributed by atoms with van der Waals surface area (Å²) in [5.74, 6) is 0.677. The van der Waals surface area contributed by atoms with Crippen molar-refractivity contribution >= 4 is 11.5 Å². The van der Waals surface area contributed by atoms with Crippen LogP contribution in [0.25, 0.3) is 16.7 Å². The van der Waals surface area contributed by atoms with Crippen LogP contribution in [0.2, 0.25) is 0 Å². The third-order valence-corrected chi connectivity index (χ3v) is 5.71. The molecule has 0 fully saturated rings. The molecule has 4 nitrogen and oxygen atoms in total. The first kappa shape index (κ1) is 25.0. The lowest BCUT2D eigenvalue weighted by Gasteiger charge is -2.27. The van der Waals surface area contributed by atoms with Gasteiger partial charge in [-0.2, -0.15) is 0 Å². The summed E-state index contributed by atoms with van der Waals surface area (Å²) in [6, 6.07) is 21.8. The number of halogens is 1. The second kappa shape index (κ2) is 11.5. The van der Waals surface area contributed by atoms with Crippen LogP contribution >= 0.6 is 0 Å². The molecule has 0 aliphatic carbocycles. The zero-order valence-electron chi connectivity index (χ0n) is 20.1. The Bertz CT molecular complexity index is 1100. The molecule has 5 heteroatoms. The molecule has 1 atom stereocenters. The lowest BCUT2D eigenvalue weighted by molar-refractivity contribution is -0.160. The first-order chi connectivity index (χ1) is 16.3. The normalized spacial score (nSPS) is 13.1. The lowest BCUT2D eigenvalue weighted by Crippen LogP contribution is -2.42. The molecule has 0 spiro atoms. The van der Waals surface area contributed by atoms with Gasteiger partial charge in [0.15, 0.2) is 0 Å². The third kappa shape index (κ3) is 6.47. The summed E-state index contributed by atoms with van der Waals surface area (Å²) in [6.07, 6.45) is 2.52. The third-order valence-electron chi connectivity index (χ3n) is 5.71. The first-order valence-electron chi connectivity index (χ1n) is 11.5. The maximum atomic E-state index is 13.1. The second-order valence-electron chi connectivity index (χ2n) is 8.16. The summed E-state index contributed by atoms with van der Waals surface area (Å²) >= 11 is 0. The highest BCUT2D eigenvalue weighted by Crippen LogP contribution is 2.26. The molecule has 3 aromatic rings. The number of esters is 1. The summed E-state index contributed by atoms with van der Waals surface area (Å²) < 4.78 is 30.0. The van der Waals surface area contributed by atoms with Gasteiger partial charge in [0.1, 0.15) is 23.9 Å². The van der Waals surface area contributed by atoms with Crippen molar-refractivity contribution in [2.24, 2.45) is 0 Å². The summed E-state index contributed by atoms with van der Waals surface area (Å²) in [5.41, 5.74) is 3.18. The molecule has 0 aliphatic heterocycles. The molecule has 0 unspecified atom stereocenters. The quantitative estimate of drug-likeness (QED) is 0.302. The van der Waals surface area contributed by atoms with Crippen molar-refractivity contribution in [3.8, 4) is 22.6 Å². The van der Waals surface area contributed by atoms with E-state index in [4.69, 9.17) is 14.2 Å². The predicted molar refractivity (Wildman–Crippen MR) is 133 cm³/mol. The maximum Gasteiger partial charge on any atom is 0.350 e. The monoisotopic (exact) mass is 462 g/mol. The molecule has 0 amide bonds. The van der Waals surface area contributed by atoms with E-state index in [0.29, 0.717) is 31.1 Å². The molecule has 0 N–H and O–H groups in total. The highest BCUT2D eigenvalue weighted by atomic mass is 19.1. The van der Waals surface area contributed by atoms with Gasteiger partial charge in [0.05, 0.1) is 6.61 Å². The van der Waals surface area contributed by atoms with E-state index < -0.39 is 5.60 Å². The van der Waals surface area contributed by atoms with E-state index in [1.165, 1.54) is 12.1 Å². The molecule has 0 aromatic heterocycles. The van der Waals surface area contributed by atoms with Crippen LogP contribution in [0, 0.1) is 5.82 Å². The fourth-order valence-corrected chi connectivity index (χ4v) is 3.35. The Morgan fingerprint density at radius 3 is 2.00 bits per heavy atom. The molecule has 34 heavy (non-hydrogen) atoms. The van der Waals surface area contributed by atoms with Gasteiger partial charge in [-0.1, -0.05) is 43.3 Å². The van der Waals surface area contributed by atoms with Gasteiger partial charge < -0.3 is 14.2 Å². The van der Waals surface area contributed by atoms with E-state index in [1.807, 2.05) is 56.3 Å². The van der Waals surface area contributed by atoms with Crippen molar-refractivity contribution in [3.05, 3.63) is 90.3 Å². The molecule has 0 heterocycles. The molecule has 3 rings (SSSR count). The van der Waals surface area contributed by atoms with E-state index in [-0.39, 0.29) is 11.8 Å². The van der Waals surface area contributed by atoms with Crippen LogP contribution in [-0.4, -0.2) is 24.8 Å². The Morgan fingerprint density at radius 1 is 0.882 bits per heavy atom. The smallest absolute Gasteiger partial charge is 0.350 e. The van der Waals surface area contributed by atoms with Gasteiger partial charge in [-0.25, -0.2) is 9.18 Å². The molecule has 178 valence electrons. The zero-order chi connectivity index (χ0) is 24.6. The zero-order valence-corrected chi connectivity index (χ0v) is 20.1. The molecule has 0 radical (unpaired) electrons. The van der Waals surface area contributed by atoms with Gasteiger partial charge in [-0.15, -0.1) is 0 Å². The van der Waals surface area contributed by atoms with Crippen molar-refractivity contribution in [2.75, 3.05) is 13.2 Å². The average molecular weight is 463 g/mol.